The number of hydrogen-bond donors (Lipinski definition) is 1. The minimum Gasteiger partial charge on any atom is -0.384 e. The maximum Gasteiger partial charge on any atom is 0.0989 e. The van der Waals surface area contributed by atoms with Crippen molar-refractivity contribution < 1.29 is 5.11 Å². The molecule has 0 bridgehead atoms. The van der Waals surface area contributed by atoms with Crippen LogP contribution in [0.1, 0.15) is 13.8 Å². The molecular formula is C11H17NO. The molecule has 13 heavy (non-hydrogen) atoms. The summed E-state index contributed by atoms with van der Waals surface area (Å²) in [7, 11) is 0. The van der Waals surface area contributed by atoms with E-state index in [4.69, 9.17) is 0 Å². The summed E-state index contributed by atoms with van der Waals surface area (Å²) in [4.78, 5) is 2.19. The first-order valence-corrected chi connectivity index (χ1v) is 4.71. The molecule has 0 saturated carbocycles. The highest BCUT2D eigenvalue weighted by molar-refractivity contribution is 5.40. The zero-order chi connectivity index (χ0) is 9.84. The minimum atomic E-state index is -0.513. The molecule has 0 spiro atoms. The first kappa shape index (κ1) is 10.1. The summed E-state index contributed by atoms with van der Waals surface area (Å²) >= 11 is 0. The van der Waals surface area contributed by atoms with Gasteiger partial charge >= 0.3 is 0 Å². The summed E-state index contributed by atoms with van der Waals surface area (Å²) in [5, 5.41) is 9.53. The molecule has 0 heterocycles. The second-order valence-corrected chi connectivity index (χ2v) is 3.08. The van der Waals surface area contributed by atoms with Gasteiger partial charge in [-0.15, -0.1) is 0 Å². The summed E-state index contributed by atoms with van der Waals surface area (Å²) in [6, 6.07) is 0. The maximum atomic E-state index is 9.53. The van der Waals surface area contributed by atoms with E-state index < -0.39 is 6.10 Å². The number of nitrogens with zero attached hydrogens (tertiary/aromatic N) is 1. The van der Waals surface area contributed by atoms with E-state index in [0.717, 1.165) is 24.4 Å². The van der Waals surface area contributed by atoms with E-state index >= 15 is 0 Å². The molecule has 1 unspecified atom stereocenters. The van der Waals surface area contributed by atoms with Gasteiger partial charge in [0.1, 0.15) is 0 Å². The molecule has 0 aromatic carbocycles. The molecule has 1 rings (SSSR count). The standard InChI is InChI=1S/C11H17NO/c1-4-12(5-2)10-7-6-8-11(13)9(10)3/h6-8,11,13H,3-5H2,1-2H3. The van der Waals surface area contributed by atoms with Crippen molar-refractivity contribution in [1.82, 2.24) is 4.90 Å². The Morgan fingerprint density at radius 3 is 2.62 bits per heavy atom. The van der Waals surface area contributed by atoms with Crippen molar-refractivity contribution in [2.24, 2.45) is 0 Å². The van der Waals surface area contributed by atoms with Crippen molar-refractivity contribution in [3.8, 4) is 0 Å². The van der Waals surface area contributed by atoms with Crippen molar-refractivity contribution in [3.05, 3.63) is 36.1 Å². The fourth-order valence-electron chi connectivity index (χ4n) is 1.50. The van der Waals surface area contributed by atoms with Gasteiger partial charge in [0.05, 0.1) is 6.10 Å². The Hall–Kier alpha value is -1.02. The second kappa shape index (κ2) is 4.28. The lowest BCUT2D eigenvalue weighted by Crippen LogP contribution is -2.27. The minimum absolute atomic E-state index is 0.513. The second-order valence-electron chi connectivity index (χ2n) is 3.08. The lowest BCUT2D eigenvalue weighted by molar-refractivity contribution is 0.249. The van der Waals surface area contributed by atoms with Crippen LogP contribution in [0.4, 0.5) is 0 Å². The van der Waals surface area contributed by atoms with Gasteiger partial charge in [-0.3, -0.25) is 0 Å². The number of aliphatic hydroxyl groups is 1. The van der Waals surface area contributed by atoms with Crippen molar-refractivity contribution in [2.75, 3.05) is 13.1 Å². The van der Waals surface area contributed by atoms with Crippen LogP contribution >= 0.6 is 0 Å². The molecule has 2 heteroatoms. The normalized spacial score (nSPS) is 21.6. The van der Waals surface area contributed by atoms with Crippen LogP contribution in [0.3, 0.4) is 0 Å². The number of allylic oxidation sites excluding steroid dienone is 2. The van der Waals surface area contributed by atoms with Gasteiger partial charge in [-0.25, -0.2) is 0 Å². The van der Waals surface area contributed by atoms with Crippen LogP contribution in [0.25, 0.3) is 0 Å². The molecule has 0 saturated heterocycles. The Balaban J connectivity index is 2.84. The highest BCUT2D eigenvalue weighted by Gasteiger charge is 2.16. The molecule has 0 aromatic heterocycles. The number of likely N-dealkylation sites (N-methyl/N-ethyl adjacent to an activating group) is 1. The lowest BCUT2D eigenvalue weighted by Gasteiger charge is -2.28. The van der Waals surface area contributed by atoms with Gasteiger partial charge in [0, 0.05) is 24.4 Å². The Morgan fingerprint density at radius 2 is 2.08 bits per heavy atom. The van der Waals surface area contributed by atoms with Crippen LogP contribution in [-0.2, 0) is 0 Å². The van der Waals surface area contributed by atoms with Gasteiger partial charge in [-0.1, -0.05) is 18.7 Å². The predicted molar refractivity (Wildman–Crippen MR) is 55.3 cm³/mol. The largest absolute Gasteiger partial charge is 0.384 e. The van der Waals surface area contributed by atoms with Crippen LogP contribution in [0.5, 0.6) is 0 Å². The first-order chi connectivity index (χ1) is 6.20. The predicted octanol–water partition coefficient (Wildman–Crippen LogP) is 1.70. The van der Waals surface area contributed by atoms with E-state index in [9.17, 15) is 5.11 Å². The summed E-state index contributed by atoms with van der Waals surface area (Å²) in [6.07, 6.45) is 5.12. The Bertz CT molecular complexity index is 249. The van der Waals surface area contributed by atoms with Gasteiger partial charge in [-0.2, -0.15) is 0 Å². The van der Waals surface area contributed by atoms with Crippen molar-refractivity contribution in [3.63, 3.8) is 0 Å². The van der Waals surface area contributed by atoms with Gasteiger partial charge in [0.2, 0.25) is 0 Å². The van der Waals surface area contributed by atoms with Crippen molar-refractivity contribution >= 4 is 0 Å². The molecule has 0 fully saturated rings. The highest BCUT2D eigenvalue weighted by Crippen LogP contribution is 2.21. The average Bonchev–Trinajstić information content (AvgIpc) is 2.14. The SMILES string of the molecule is C=C1C(N(CC)CC)=CC=CC1O. The third kappa shape index (κ3) is 2.01. The van der Waals surface area contributed by atoms with Crippen LogP contribution < -0.4 is 0 Å². The number of hydrogen-bond acceptors (Lipinski definition) is 2. The highest BCUT2D eigenvalue weighted by atomic mass is 16.3. The third-order valence-corrected chi connectivity index (χ3v) is 2.34. The fourth-order valence-corrected chi connectivity index (χ4v) is 1.50. The van der Waals surface area contributed by atoms with Gasteiger partial charge in [0.15, 0.2) is 0 Å². The van der Waals surface area contributed by atoms with E-state index in [0.29, 0.717) is 0 Å². The molecule has 0 aromatic rings. The molecule has 0 amide bonds. The van der Waals surface area contributed by atoms with E-state index in [1.807, 2.05) is 12.2 Å². The van der Waals surface area contributed by atoms with E-state index in [-0.39, 0.29) is 0 Å². The first-order valence-electron chi connectivity index (χ1n) is 4.71. The van der Waals surface area contributed by atoms with Crippen LogP contribution in [0.15, 0.2) is 36.1 Å². The molecule has 1 aliphatic rings. The van der Waals surface area contributed by atoms with Gasteiger partial charge < -0.3 is 10.0 Å². The summed E-state index contributed by atoms with van der Waals surface area (Å²) in [5.74, 6) is 0. The molecule has 1 N–H and O–H groups in total. The monoisotopic (exact) mass is 179 g/mol. The van der Waals surface area contributed by atoms with E-state index in [1.165, 1.54) is 0 Å². The Morgan fingerprint density at radius 1 is 1.46 bits per heavy atom. The van der Waals surface area contributed by atoms with Crippen LogP contribution in [0.2, 0.25) is 0 Å². The quantitative estimate of drug-likeness (QED) is 0.712. The van der Waals surface area contributed by atoms with E-state index in [2.05, 4.69) is 25.3 Å². The summed E-state index contributed by atoms with van der Waals surface area (Å²) in [6.45, 7) is 9.97. The molecule has 2 nitrogen and oxygen atoms in total. The molecule has 1 atom stereocenters. The molecule has 0 aliphatic heterocycles. The Kier molecular flexibility index (Phi) is 3.32. The number of aliphatic hydroxyl groups excluding tert-OH is 1. The molecule has 72 valence electrons. The molecular weight excluding hydrogens is 162 g/mol. The van der Waals surface area contributed by atoms with E-state index in [1.54, 1.807) is 6.08 Å². The van der Waals surface area contributed by atoms with Gasteiger partial charge in [-0.05, 0) is 19.9 Å². The zero-order valence-electron chi connectivity index (χ0n) is 8.33. The average molecular weight is 179 g/mol. The van der Waals surface area contributed by atoms with Crippen molar-refractivity contribution in [2.45, 2.75) is 20.0 Å². The van der Waals surface area contributed by atoms with Gasteiger partial charge in [0.25, 0.3) is 0 Å². The Labute approximate surface area is 79.9 Å². The van der Waals surface area contributed by atoms with Crippen molar-refractivity contribution in [1.29, 1.82) is 0 Å². The molecule has 0 radical (unpaired) electrons. The zero-order valence-corrected chi connectivity index (χ0v) is 8.33. The summed E-state index contributed by atoms with van der Waals surface area (Å²) in [5.41, 5.74) is 1.85. The molecule has 1 aliphatic carbocycles. The van der Waals surface area contributed by atoms with Crippen LogP contribution in [0, 0.1) is 0 Å². The summed E-state index contributed by atoms with van der Waals surface area (Å²) < 4.78 is 0. The topological polar surface area (TPSA) is 23.5 Å². The third-order valence-electron chi connectivity index (χ3n) is 2.34. The number of rotatable bonds is 3. The maximum absolute atomic E-state index is 9.53. The van der Waals surface area contributed by atoms with Crippen LogP contribution in [-0.4, -0.2) is 29.2 Å². The lowest BCUT2D eigenvalue weighted by atomic mass is 10.0. The fraction of sp³-hybridized carbons (Fsp3) is 0.455. The smallest absolute Gasteiger partial charge is 0.0989 e.